The monoisotopic (exact) mass is 178 g/mol. The van der Waals surface area contributed by atoms with E-state index in [-0.39, 0.29) is 6.04 Å². The van der Waals surface area contributed by atoms with Crippen molar-refractivity contribution in [2.24, 2.45) is 5.73 Å². The largest absolute Gasteiger partial charge is 0.491 e. The fourth-order valence-corrected chi connectivity index (χ4v) is 1.61. The Morgan fingerprint density at radius 1 is 1.46 bits per heavy atom. The number of fused-ring (bicyclic) bond motifs is 1. The molecule has 0 saturated carbocycles. The third kappa shape index (κ3) is 1.25. The summed E-state index contributed by atoms with van der Waals surface area (Å²) in [6.45, 7) is 2.64. The van der Waals surface area contributed by atoms with E-state index in [0.29, 0.717) is 6.61 Å². The Balaban J connectivity index is 2.56. The molecule has 0 aliphatic carbocycles. The Bertz CT molecular complexity index is 336. The summed E-state index contributed by atoms with van der Waals surface area (Å²) in [5.41, 5.74) is 14.6. The number of ether oxygens (including phenoxy) is 1. The van der Waals surface area contributed by atoms with Gasteiger partial charge in [0.2, 0.25) is 0 Å². The van der Waals surface area contributed by atoms with Crippen LogP contribution in [-0.2, 0) is 0 Å². The summed E-state index contributed by atoms with van der Waals surface area (Å²) < 4.78 is 5.50. The molecular weight excluding hydrogens is 164 g/mol. The van der Waals surface area contributed by atoms with Crippen LogP contribution in [0.2, 0.25) is 0 Å². The zero-order valence-corrected chi connectivity index (χ0v) is 7.71. The minimum atomic E-state index is 0.0756. The molecule has 1 aromatic carbocycles. The third-order valence-corrected chi connectivity index (χ3v) is 2.52. The van der Waals surface area contributed by atoms with E-state index in [2.05, 4.69) is 0 Å². The lowest BCUT2D eigenvalue weighted by Crippen LogP contribution is -2.21. The van der Waals surface area contributed by atoms with Gasteiger partial charge in [0.15, 0.2) is 0 Å². The normalized spacial score (nSPS) is 20.6. The van der Waals surface area contributed by atoms with Crippen molar-refractivity contribution in [3.05, 3.63) is 23.3 Å². The molecule has 0 amide bonds. The lowest BCUT2D eigenvalue weighted by atomic mass is 9.98. The van der Waals surface area contributed by atoms with Crippen LogP contribution in [0.4, 0.5) is 5.69 Å². The van der Waals surface area contributed by atoms with Crippen molar-refractivity contribution in [3.8, 4) is 5.75 Å². The summed E-state index contributed by atoms with van der Waals surface area (Å²) in [5.74, 6) is 0.791. The molecule has 0 bridgehead atoms. The van der Waals surface area contributed by atoms with E-state index in [4.69, 9.17) is 16.2 Å². The zero-order valence-electron chi connectivity index (χ0n) is 7.71. The lowest BCUT2D eigenvalue weighted by molar-refractivity contribution is 0.270. The number of nitrogen functional groups attached to an aromatic ring is 1. The molecular formula is C10H14N2O. The minimum absolute atomic E-state index is 0.0756. The first kappa shape index (κ1) is 8.38. The van der Waals surface area contributed by atoms with Crippen molar-refractivity contribution in [2.75, 3.05) is 12.3 Å². The highest BCUT2D eigenvalue weighted by molar-refractivity contribution is 5.62. The van der Waals surface area contributed by atoms with Crippen molar-refractivity contribution in [3.63, 3.8) is 0 Å². The maximum atomic E-state index is 5.93. The Labute approximate surface area is 77.7 Å². The van der Waals surface area contributed by atoms with Crippen LogP contribution in [0.5, 0.6) is 5.75 Å². The summed E-state index contributed by atoms with van der Waals surface area (Å²) in [4.78, 5) is 0. The van der Waals surface area contributed by atoms with E-state index in [1.165, 1.54) is 0 Å². The first-order valence-electron chi connectivity index (χ1n) is 4.47. The molecule has 13 heavy (non-hydrogen) atoms. The van der Waals surface area contributed by atoms with Crippen molar-refractivity contribution in [1.82, 2.24) is 0 Å². The van der Waals surface area contributed by atoms with Crippen molar-refractivity contribution in [2.45, 2.75) is 19.4 Å². The molecule has 0 fully saturated rings. The molecule has 1 aromatic rings. The SMILES string of the molecule is Cc1ccc2c(c1N)OCC[C@H]2N. The van der Waals surface area contributed by atoms with E-state index in [0.717, 1.165) is 29.0 Å². The first-order valence-corrected chi connectivity index (χ1v) is 4.47. The topological polar surface area (TPSA) is 61.3 Å². The Kier molecular flexibility index (Phi) is 1.88. The van der Waals surface area contributed by atoms with E-state index in [9.17, 15) is 0 Å². The smallest absolute Gasteiger partial charge is 0.147 e. The molecule has 0 saturated heterocycles. The molecule has 1 heterocycles. The fraction of sp³-hybridized carbons (Fsp3) is 0.400. The van der Waals surface area contributed by atoms with Gasteiger partial charge in [-0.2, -0.15) is 0 Å². The van der Waals surface area contributed by atoms with Gasteiger partial charge < -0.3 is 16.2 Å². The molecule has 3 nitrogen and oxygen atoms in total. The second-order valence-electron chi connectivity index (χ2n) is 3.46. The second-order valence-corrected chi connectivity index (χ2v) is 3.46. The van der Waals surface area contributed by atoms with Crippen LogP contribution in [0.25, 0.3) is 0 Å². The maximum Gasteiger partial charge on any atom is 0.147 e. The minimum Gasteiger partial charge on any atom is -0.491 e. The van der Waals surface area contributed by atoms with Crippen LogP contribution in [0.3, 0.4) is 0 Å². The number of aryl methyl sites for hydroxylation is 1. The van der Waals surface area contributed by atoms with Gasteiger partial charge in [-0.3, -0.25) is 0 Å². The van der Waals surface area contributed by atoms with Gasteiger partial charge in [0.05, 0.1) is 12.3 Å². The molecule has 2 rings (SSSR count). The number of rotatable bonds is 0. The molecule has 0 unspecified atom stereocenters. The van der Waals surface area contributed by atoms with Gasteiger partial charge in [0.25, 0.3) is 0 Å². The molecule has 0 spiro atoms. The zero-order chi connectivity index (χ0) is 9.42. The number of hydrogen-bond donors (Lipinski definition) is 2. The number of benzene rings is 1. The quantitative estimate of drug-likeness (QED) is 0.590. The van der Waals surface area contributed by atoms with Gasteiger partial charge in [-0.15, -0.1) is 0 Å². The average Bonchev–Trinajstić information content (AvgIpc) is 2.12. The number of hydrogen-bond acceptors (Lipinski definition) is 3. The molecule has 70 valence electrons. The molecule has 0 radical (unpaired) electrons. The number of nitrogens with two attached hydrogens (primary N) is 2. The highest BCUT2D eigenvalue weighted by atomic mass is 16.5. The molecule has 0 aromatic heterocycles. The summed E-state index contributed by atoms with van der Waals surface area (Å²) in [6, 6.07) is 4.07. The van der Waals surface area contributed by atoms with Crippen molar-refractivity contribution < 1.29 is 4.74 Å². The van der Waals surface area contributed by atoms with Crippen molar-refractivity contribution >= 4 is 5.69 Å². The van der Waals surface area contributed by atoms with Gasteiger partial charge in [0.1, 0.15) is 5.75 Å². The van der Waals surface area contributed by atoms with Crippen LogP contribution < -0.4 is 16.2 Å². The first-order chi connectivity index (χ1) is 6.20. The predicted octanol–water partition coefficient (Wildman–Crippen LogP) is 1.36. The van der Waals surface area contributed by atoms with Gasteiger partial charge in [-0.25, -0.2) is 0 Å². The summed E-state index contributed by atoms with van der Waals surface area (Å²) >= 11 is 0. The molecule has 1 atom stereocenters. The summed E-state index contributed by atoms with van der Waals surface area (Å²) in [6.07, 6.45) is 0.871. The summed E-state index contributed by atoms with van der Waals surface area (Å²) in [7, 11) is 0. The van der Waals surface area contributed by atoms with E-state index < -0.39 is 0 Å². The Morgan fingerprint density at radius 2 is 2.23 bits per heavy atom. The molecule has 3 heteroatoms. The van der Waals surface area contributed by atoms with Crippen molar-refractivity contribution in [1.29, 1.82) is 0 Å². The lowest BCUT2D eigenvalue weighted by Gasteiger charge is -2.24. The molecule has 1 aliphatic heterocycles. The Hall–Kier alpha value is -1.22. The maximum absolute atomic E-state index is 5.93. The van der Waals surface area contributed by atoms with Gasteiger partial charge in [0, 0.05) is 18.0 Å². The standard InChI is InChI=1S/C10H14N2O/c1-6-2-3-7-8(11)4-5-13-10(7)9(6)12/h2-3,8H,4-5,11-12H2,1H3/t8-/m1/s1. The van der Waals surface area contributed by atoms with E-state index >= 15 is 0 Å². The Morgan fingerprint density at radius 3 is 3.00 bits per heavy atom. The highest BCUT2D eigenvalue weighted by Crippen LogP contribution is 2.36. The average molecular weight is 178 g/mol. The summed E-state index contributed by atoms with van der Waals surface area (Å²) in [5, 5.41) is 0. The van der Waals surface area contributed by atoms with Crippen LogP contribution in [0.1, 0.15) is 23.6 Å². The molecule has 1 aliphatic rings. The van der Waals surface area contributed by atoms with Crippen LogP contribution in [-0.4, -0.2) is 6.61 Å². The third-order valence-electron chi connectivity index (χ3n) is 2.52. The van der Waals surface area contributed by atoms with Crippen LogP contribution in [0, 0.1) is 6.92 Å². The fourth-order valence-electron chi connectivity index (χ4n) is 1.61. The van der Waals surface area contributed by atoms with Gasteiger partial charge in [-0.05, 0) is 12.5 Å². The number of anilines is 1. The van der Waals surface area contributed by atoms with E-state index in [1.807, 2.05) is 19.1 Å². The second kappa shape index (κ2) is 2.92. The van der Waals surface area contributed by atoms with Crippen LogP contribution in [0.15, 0.2) is 12.1 Å². The van der Waals surface area contributed by atoms with E-state index in [1.54, 1.807) is 0 Å². The van der Waals surface area contributed by atoms with Gasteiger partial charge in [-0.1, -0.05) is 12.1 Å². The highest BCUT2D eigenvalue weighted by Gasteiger charge is 2.20. The predicted molar refractivity (Wildman–Crippen MR) is 52.6 cm³/mol. The molecule has 4 N–H and O–H groups in total. The van der Waals surface area contributed by atoms with Gasteiger partial charge >= 0.3 is 0 Å². The van der Waals surface area contributed by atoms with Crippen LogP contribution >= 0.6 is 0 Å².